The van der Waals surface area contributed by atoms with Gasteiger partial charge in [0.15, 0.2) is 6.10 Å². The number of Topliss-reactive ketones (excluding diaryl/α,β-unsaturated/α-hetero) is 1. The predicted molar refractivity (Wildman–Crippen MR) is 117 cm³/mol. The number of nitrogens with one attached hydrogen (secondary N) is 1. The van der Waals surface area contributed by atoms with Gasteiger partial charge in [-0.25, -0.2) is 4.39 Å². The molecule has 0 saturated heterocycles. The molecule has 0 unspecified atom stereocenters. The highest BCUT2D eigenvalue weighted by Crippen LogP contribution is 2.29. The zero-order valence-electron chi connectivity index (χ0n) is 17.1. The number of fused-ring (bicyclic) bond motifs is 1. The lowest BCUT2D eigenvalue weighted by molar-refractivity contribution is -0.146. The molecule has 4 rings (SSSR count). The molecule has 0 spiro atoms. The van der Waals surface area contributed by atoms with Gasteiger partial charge in [0.25, 0.3) is 0 Å². The molecule has 0 fully saturated rings. The van der Waals surface area contributed by atoms with Crippen molar-refractivity contribution in [3.05, 3.63) is 107 Å². The number of aryl methyl sites for hydroxylation is 1. The summed E-state index contributed by atoms with van der Waals surface area (Å²) in [6.45, 7) is 2.06. The van der Waals surface area contributed by atoms with Crippen LogP contribution in [0.4, 0.5) is 4.39 Å². The average molecular weight is 415 g/mol. The normalized spacial score (nSPS) is 11.9. The van der Waals surface area contributed by atoms with Crippen LogP contribution in [0.2, 0.25) is 0 Å². The number of ether oxygens (including phenoxy) is 1. The molecule has 0 aliphatic rings. The molecule has 0 bridgehead atoms. The molecule has 0 aliphatic carbocycles. The van der Waals surface area contributed by atoms with Crippen LogP contribution in [-0.4, -0.2) is 16.7 Å². The van der Waals surface area contributed by atoms with Crippen LogP contribution in [-0.2, 0) is 22.4 Å². The van der Waals surface area contributed by atoms with E-state index in [1.165, 1.54) is 24.3 Å². The van der Waals surface area contributed by atoms with Crippen LogP contribution in [0.3, 0.4) is 0 Å². The Balaban J connectivity index is 1.65. The molecule has 5 heteroatoms. The summed E-state index contributed by atoms with van der Waals surface area (Å²) in [6.07, 6.45) is 1.39. The van der Waals surface area contributed by atoms with Crippen molar-refractivity contribution in [2.24, 2.45) is 0 Å². The van der Waals surface area contributed by atoms with E-state index in [0.717, 1.165) is 22.9 Å². The minimum Gasteiger partial charge on any atom is -0.449 e. The van der Waals surface area contributed by atoms with Crippen molar-refractivity contribution in [1.82, 2.24) is 4.98 Å². The van der Waals surface area contributed by atoms with Crippen LogP contribution in [0, 0.1) is 5.82 Å². The number of aromatic nitrogens is 1. The molecule has 0 radical (unpaired) electrons. The molecule has 1 N–H and O–H groups in total. The number of ketones is 1. The summed E-state index contributed by atoms with van der Waals surface area (Å²) in [5.74, 6) is -1.22. The number of carbonyl (C=O) groups is 2. The van der Waals surface area contributed by atoms with Gasteiger partial charge in [-0.05, 0) is 29.7 Å². The van der Waals surface area contributed by atoms with Crippen LogP contribution in [0.15, 0.2) is 79.0 Å². The monoisotopic (exact) mass is 415 g/mol. The quantitative estimate of drug-likeness (QED) is 0.317. The molecule has 0 amide bonds. The number of para-hydroxylation sites is 1. The summed E-state index contributed by atoms with van der Waals surface area (Å²) >= 11 is 0. The fraction of sp³-hybridized carbons (Fsp3) is 0.154. The Morgan fingerprint density at radius 2 is 1.71 bits per heavy atom. The Hall–Kier alpha value is -3.73. The Labute approximate surface area is 179 Å². The highest BCUT2D eigenvalue weighted by molar-refractivity contribution is 6.11. The second-order valence-corrected chi connectivity index (χ2v) is 7.34. The van der Waals surface area contributed by atoms with Crippen molar-refractivity contribution in [1.29, 1.82) is 0 Å². The summed E-state index contributed by atoms with van der Waals surface area (Å²) in [6, 6.07) is 20.4. The van der Waals surface area contributed by atoms with E-state index in [1.54, 1.807) is 30.5 Å². The number of rotatable bonds is 7. The molecule has 0 saturated carbocycles. The average Bonchev–Trinajstić information content (AvgIpc) is 3.23. The van der Waals surface area contributed by atoms with Crippen molar-refractivity contribution >= 4 is 22.7 Å². The molecule has 1 heterocycles. The minimum atomic E-state index is -1.07. The van der Waals surface area contributed by atoms with Gasteiger partial charge in [-0.3, -0.25) is 9.59 Å². The second kappa shape index (κ2) is 8.96. The maximum atomic E-state index is 13.5. The van der Waals surface area contributed by atoms with Crippen molar-refractivity contribution < 1.29 is 18.7 Å². The zero-order valence-corrected chi connectivity index (χ0v) is 17.1. The SMILES string of the molecule is CCc1cccc2c(C(=O)[C@@H](OC(=O)Cc3ccc(F)cc3)c3ccccc3)c[nH]c12. The van der Waals surface area contributed by atoms with Crippen LogP contribution >= 0.6 is 0 Å². The number of hydrogen-bond donors (Lipinski definition) is 1. The lowest BCUT2D eigenvalue weighted by Gasteiger charge is -2.17. The van der Waals surface area contributed by atoms with Crippen LogP contribution in [0.5, 0.6) is 0 Å². The van der Waals surface area contributed by atoms with Gasteiger partial charge in [-0.1, -0.05) is 67.6 Å². The van der Waals surface area contributed by atoms with Gasteiger partial charge in [-0.2, -0.15) is 0 Å². The summed E-state index contributed by atoms with van der Waals surface area (Å²) in [5.41, 5.74) is 3.72. The molecule has 1 atom stereocenters. The number of aromatic amines is 1. The maximum absolute atomic E-state index is 13.5. The summed E-state index contributed by atoms with van der Waals surface area (Å²) in [7, 11) is 0. The van der Waals surface area contributed by atoms with Crippen LogP contribution < -0.4 is 0 Å². The topological polar surface area (TPSA) is 59.2 Å². The number of benzene rings is 3. The highest BCUT2D eigenvalue weighted by Gasteiger charge is 2.28. The van der Waals surface area contributed by atoms with E-state index in [4.69, 9.17) is 4.74 Å². The largest absolute Gasteiger partial charge is 0.449 e. The Bertz CT molecular complexity index is 1210. The first-order valence-electron chi connectivity index (χ1n) is 10.2. The third-order valence-corrected chi connectivity index (χ3v) is 5.30. The van der Waals surface area contributed by atoms with Crippen molar-refractivity contribution in [2.45, 2.75) is 25.9 Å². The predicted octanol–water partition coefficient (Wildman–Crippen LogP) is 5.58. The van der Waals surface area contributed by atoms with Crippen LogP contribution in [0.25, 0.3) is 10.9 Å². The van der Waals surface area contributed by atoms with Gasteiger partial charge < -0.3 is 9.72 Å². The molecule has 3 aromatic carbocycles. The molecule has 1 aromatic heterocycles. The Morgan fingerprint density at radius 3 is 2.42 bits per heavy atom. The number of esters is 1. The lowest BCUT2D eigenvalue weighted by atomic mass is 9.98. The highest BCUT2D eigenvalue weighted by atomic mass is 19.1. The zero-order chi connectivity index (χ0) is 21.8. The summed E-state index contributed by atoms with van der Waals surface area (Å²) in [4.78, 5) is 29.3. The van der Waals surface area contributed by atoms with Gasteiger partial charge in [0.05, 0.1) is 6.42 Å². The number of H-pyrrole nitrogens is 1. The van der Waals surface area contributed by atoms with E-state index >= 15 is 0 Å². The number of hydrogen-bond acceptors (Lipinski definition) is 3. The van der Waals surface area contributed by atoms with E-state index < -0.39 is 12.1 Å². The van der Waals surface area contributed by atoms with Gasteiger partial charge in [-0.15, -0.1) is 0 Å². The van der Waals surface area contributed by atoms with Gasteiger partial charge in [0, 0.05) is 28.2 Å². The molecular weight excluding hydrogens is 393 g/mol. The van der Waals surface area contributed by atoms with Gasteiger partial charge in [0.2, 0.25) is 5.78 Å². The summed E-state index contributed by atoms with van der Waals surface area (Å²) < 4.78 is 18.8. The third kappa shape index (κ3) is 4.40. The minimum absolute atomic E-state index is 0.0508. The van der Waals surface area contributed by atoms with Gasteiger partial charge in [0.1, 0.15) is 5.82 Å². The fourth-order valence-corrected chi connectivity index (χ4v) is 3.70. The molecule has 0 aliphatic heterocycles. The third-order valence-electron chi connectivity index (χ3n) is 5.30. The first-order chi connectivity index (χ1) is 15.1. The van der Waals surface area contributed by atoms with Crippen LogP contribution in [0.1, 0.15) is 40.1 Å². The van der Waals surface area contributed by atoms with E-state index in [1.807, 2.05) is 24.3 Å². The first kappa shape index (κ1) is 20.5. The summed E-state index contributed by atoms with van der Waals surface area (Å²) in [5, 5.41) is 0.805. The molecular formula is C26H22FNO3. The van der Waals surface area contributed by atoms with E-state index in [9.17, 15) is 14.0 Å². The van der Waals surface area contributed by atoms with E-state index in [2.05, 4.69) is 11.9 Å². The fourth-order valence-electron chi connectivity index (χ4n) is 3.70. The van der Waals surface area contributed by atoms with E-state index in [0.29, 0.717) is 16.7 Å². The standard InChI is InChI=1S/C26H22FNO3/c1-2-18-9-6-10-21-22(16-28-24(18)21)25(30)26(19-7-4-3-5-8-19)31-23(29)15-17-11-13-20(27)14-12-17/h3-14,16,26,28H,2,15H2,1H3/t26-/m0/s1. The maximum Gasteiger partial charge on any atom is 0.311 e. The lowest BCUT2D eigenvalue weighted by Crippen LogP contribution is -2.21. The number of halogens is 1. The van der Waals surface area contributed by atoms with Crippen molar-refractivity contribution in [3.8, 4) is 0 Å². The Kier molecular flexibility index (Phi) is 5.94. The molecule has 4 nitrogen and oxygen atoms in total. The van der Waals surface area contributed by atoms with Crippen molar-refractivity contribution in [3.63, 3.8) is 0 Å². The first-order valence-corrected chi connectivity index (χ1v) is 10.2. The van der Waals surface area contributed by atoms with E-state index in [-0.39, 0.29) is 18.0 Å². The van der Waals surface area contributed by atoms with Crippen molar-refractivity contribution in [2.75, 3.05) is 0 Å². The Morgan fingerprint density at radius 1 is 0.968 bits per heavy atom. The van der Waals surface area contributed by atoms with Gasteiger partial charge >= 0.3 is 5.97 Å². The second-order valence-electron chi connectivity index (χ2n) is 7.34. The smallest absolute Gasteiger partial charge is 0.311 e. The molecule has 156 valence electrons. The number of carbonyl (C=O) groups excluding carboxylic acids is 2. The molecule has 31 heavy (non-hydrogen) atoms. The molecule has 4 aromatic rings.